The number of hydrogen-bond acceptors (Lipinski definition) is 9. The van der Waals surface area contributed by atoms with E-state index in [0.717, 1.165) is 23.8 Å². The zero-order valence-electron chi connectivity index (χ0n) is 20.8. The third-order valence-corrected chi connectivity index (χ3v) is 5.25. The molecular formula is C27H29F3N6O4. The summed E-state index contributed by atoms with van der Waals surface area (Å²) in [5, 5.41) is 14.8. The van der Waals surface area contributed by atoms with Crippen LogP contribution >= 0.6 is 0 Å². The Morgan fingerprint density at radius 2 is 1.85 bits per heavy atom. The molecule has 3 rings (SSSR count). The molecule has 0 aliphatic carbocycles. The lowest BCUT2D eigenvalue weighted by molar-refractivity contribution is -0.145. The monoisotopic (exact) mass is 558 g/mol. The van der Waals surface area contributed by atoms with Crippen molar-refractivity contribution in [1.29, 1.82) is 5.26 Å². The second kappa shape index (κ2) is 14.3. The van der Waals surface area contributed by atoms with Crippen molar-refractivity contribution < 1.29 is 32.2 Å². The first-order chi connectivity index (χ1) is 18.6. The average Bonchev–Trinajstić information content (AvgIpc) is 2.90. The van der Waals surface area contributed by atoms with Gasteiger partial charge in [0, 0.05) is 12.1 Å². The molecule has 0 aliphatic rings. The van der Waals surface area contributed by atoms with E-state index in [1.807, 2.05) is 12.1 Å². The number of aromatic nitrogens is 2. The van der Waals surface area contributed by atoms with Gasteiger partial charge in [-0.15, -0.1) is 0 Å². The molecule has 13 heteroatoms. The van der Waals surface area contributed by atoms with Gasteiger partial charge in [-0.25, -0.2) is 0 Å². The molecule has 1 aromatic heterocycles. The van der Waals surface area contributed by atoms with Crippen molar-refractivity contribution in [3.8, 4) is 11.9 Å². The van der Waals surface area contributed by atoms with Gasteiger partial charge in [-0.3, -0.25) is 9.59 Å². The van der Waals surface area contributed by atoms with Crippen molar-refractivity contribution in [2.24, 2.45) is 0 Å². The molecule has 10 nitrogen and oxygen atoms in total. The number of carbonyl (C=O) groups excluding carboxylic acids is 2. The van der Waals surface area contributed by atoms with Crippen molar-refractivity contribution in [2.45, 2.75) is 46.0 Å². The highest BCUT2D eigenvalue weighted by Gasteiger charge is 2.31. The molecule has 0 saturated carbocycles. The standard InChI is InChI=1S/C26H25F3N6O4.CH4/c1-2-38-24-19(14-30)22(34-25(31)35-24)33-20(11-12-21(36)39-15-16-7-4-3-5-8-16)23(37)32-18-10-6-9-17(13-18)26(27,28)29;/h3-10,13,20H,2,11-12,15H2,1H3,(H,32,37)(H3,31,33,34,35);1H4/t20-;/m0./s1. The maximum Gasteiger partial charge on any atom is 0.416 e. The van der Waals surface area contributed by atoms with E-state index in [0.29, 0.717) is 0 Å². The van der Waals surface area contributed by atoms with Gasteiger partial charge >= 0.3 is 12.1 Å². The number of nitrogen functional groups attached to an aromatic ring is 1. The summed E-state index contributed by atoms with van der Waals surface area (Å²) in [6, 6.07) is 13.7. The first-order valence-electron chi connectivity index (χ1n) is 11.7. The van der Waals surface area contributed by atoms with Gasteiger partial charge in [0.15, 0.2) is 11.4 Å². The van der Waals surface area contributed by atoms with Gasteiger partial charge in [-0.05, 0) is 37.1 Å². The predicted molar refractivity (Wildman–Crippen MR) is 142 cm³/mol. The number of benzene rings is 2. The molecule has 40 heavy (non-hydrogen) atoms. The third-order valence-electron chi connectivity index (χ3n) is 5.25. The van der Waals surface area contributed by atoms with Crippen molar-refractivity contribution in [3.63, 3.8) is 0 Å². The van der Waals surface area contributed by atoms with Gasteiger partial charge < -0.3 is 25.8 Å². The number of nitrogens with zero attached hydrogens (tertiary/aromatic N) is 3. The summed E-state index contributed by atoms with van der Waals surface area (Å²) in [4.78, 5) is 33.4. The summed E-state index contributed by atoms with van der Waals surface area (Å²) in [7, 11) is 0. The molecule has 1 amide bonds. The molecule has 2 aromatic carbocycles. The van der Waals surface area contributed by atoms with E-state index >= 15 is 0 Å². The summed E-state index contributed by atoms with van der Waals surface area (Å²) < 4.78 is 50.0. The van der Waals surface area contributed by atoms with Gasteiger partial charge in [0.05, 0.1) is 12.2 Å². The highest BCUT2D eigenvalue weighted by molar-refractivity contribution is 5.97. The van der Waals surface area contributed by atoms with Crippen LogP contribution in [0.15, 0.2) is 54.6 Å². The minimum atomic E-state index is -4.61. The van der Waals surface area contributed by atoms with Crippen molar-refractivity contribution in [3.05, 3.63) is 71.3 Å². The number of nitrogens with two attached hydrogens (primary N) is 1. The Hall–Kier alpha value is -4.86. The van der Waals surface area contributed by atoms with Gasteiger partial charge in [-0.2, -0.15) is 28.4 Å². The van der Waals surface area contributed by atoms with Crippen molar-refractivity contribution in [2.75, 3.05) is 23.0 Å². The highest BCUT2D eigenvalue weighted by Crippen LogP contribution is 2.31. The molecule has 0 saturated heterocycles. The normalized spacial score (nSPS) is 11.4. The zero-order chi connectivity index (χ0) is 28.4. The molecule has 0 spiro atoms. The fourth-order valence-corrected chi connectivity index (χ4v) is 3.41. The van der Waals surface area contributed by atoms with E-state index in [9.17, 15) is 28.0 Å². The van der Waals surface area contributed by atoms with Crippen LogP contribution in [0.3, 0.4) is 0 Å². The molecule has 4 N–H and O–H groups in total. The summed E-state index contributed by atoms with van der Waals surface area (Å²) in [6.07, 6.45) is -5.00. The first-order valence-corrected chi connectivity index (χ1v) is 11.7. The molecule has 1 heterocycles. The van der Waals surface area contributed by atoms with E-state index < -0.39 is 29.7 Å². The SMILES string of the molecule is C.CCOc1nc(N)nc(N[C@@H](CCC(=O)OCc2ccccc2)C(=O)Nc2cccc(C(F)(F)F)c2)c1C#N. The lowest BCUT2D eigenvalue weighted by Gasteiger charge is -2.20. The predicted octanol–water partition coefficient (Wildman–Crippen LogP) is 4.93. The smallest absolute Gasteiger partial charge is 0.416 e. The summed E-state index contributed by atoms with van der Waals surface area (Å²) >= 11 is 0. The van der Waals surface area contributed by atoms with Crippen molar-refractivity contribution >= 4 is 29.3 Å². The third kappa shape index (κ3) is 8.87. The molecule has 0 unspecified atom stereocenters. The lowest BCUT2D eigenvalue weighted by Crippen LogP contribution is -2.36. The summed E-state index contributed by atoms with van der Waals surface area (Å²) in [5.74, 6) is -1.91. The number of hydrogen-bond donors (Lipinski definition) is 3. The van der Waals surface area contributed by atoms with E-state index in [4.69, 9.17) is 15.2 Å². The molecule has 0 bridgehead atoms. The maximum atomic E-state index is 13.2. The lowest BCUT2D eigenvalue weighted by atomic mass is 10.1. The highest BCUT2D eigenvalue weighted by atomic mass is 19.4. The number of nitriles is 1. The van der Waals surface area contributed by atoms with Gasteiger partial charge in [0.2, 0.25) is 17.7 Å². The topological polar surface area (TPSA) is 152 Å². The number of carbonyl (C=O) groups is 2. The molecule has 0 radical (unpaired) electrons. The summed E-state index contributed by atoms with van der Waals surface area (Å²) in [6.45, 7) is 1.85. The average molecular weight is 559 g/mol. The number of rotatable bonds is 11. The zero-order valence-corrected chi connectivity index (χ0v) is 20.8. The number of esters is 1. The van der Waals surface area contributed by atoms with Gasteiger partial charge in [0.1, 0.15) is 18.7 Å². The number of alkyl halides is 3. The number of amides is 1. The maximum absolute atomic E-state index is 13.2. The number of nitrogens with one attached hydrogen (secondary N) is 2. The van der Waals surface area contributed by atoms with Crippen LogP contribution in [0, 0.1) is 11.3 Å². The Kier molecular flexibility index (Phi) is 11.2. The number of ether oxygens (including phenoxy) is 2. The minimum absolute atomic E-state index is 0. The molecule has 0 aliphatic heterocycles. The molecule has 1 atom stereocenters. The van der Waals surface area contributed by atoms with Crippen LogP contribution in [-0.2, 0) is 27.1 Å². The quantitative estimate of drug-likeness (QED) is 0.278. The Morgan fingerprint density at radius 3 is 2.50 bits per heavy atom. The molecule has 0 fully saturated rings. The van der Waals surface area contributed by atoms with E-state index in [1.54, 1.807) is 31.2 Å². The van der Waals surface area contributed by atoms with Gasteiger partial charge in [0.25, 0.3) is 0 Å². The van der Waals surface area contributed by atoms with Crippen LogP contribution in [0.1, 0.15) is 43.9 Å². The van der Waals surface area contributed by atoms with Crippen LogP contribution in [0.25, 0.3) is 0 Å². The largest absolute Gasteiger partial charge is 0.477 e. The molecule has 3 aromatic rings. The minimum Gasteiger partial charge on any atom is -0.477 e. The van der Waals surface area contributed by atoms with Crippen molar-refractivity contribution in [1.82, 2.24) is 9.97 Å². The van der Waals surface area contributed by atoms with E-state index in [1.165, 1.54) is 6.07 Å². The molecule has 212 valence electrons. The first kappa shape index (κ1) is 31.4. The van der Waals surface area contributed by atoms with Crippen LogP contribution in [0.4, 0.5) is 30.6 Å². The Labute approximate surface area is 229 Å². The Morgan fingerprint density at radius 1 is 1.12 bits per heavy atom. The number of halogens is 3. The Bertz CT molecular complexity index is 1350. The van der Waals surface area contributed by atoms with Crippen LogP contribution in [0.5, 0.6) is 5.88 Å². The van der Waals surface area contributed by atoms with E-state index in [-0.39, 0.29) is 62.4 Å². The van der Waals surface area contributed by atoms with Crippen LogP contribution < -0.4 is 21.1 Å². The second-order valence-corrected chi connectivity index (χ2v) is 8.11. The second-order valence-electron chi connectivity index (χ2n) is 8.11. The fraction of sp³-hybridized carbons (Fsp3) is 0.296. The van der Waals surface area contributed by atoms with Gasteiger partial charge in [-0.1, -0.05) is 43.8 Å². The van der Waals surface area contributed by atoms with E-state index in [2.05, 4.69) is 20.6 Å². The Balaban J connectivity index is 0.00000560. The van der Waals surface area contributed by atoms with Crippen LogP contribution in [0.2, 0.25) is 0 Å². The number of anilines is 3. The fourth-order valence-electron chi connectivity index (χ4n) is 3.41. The van der Waals surface area contributed by atoms with Crippen LogP contribution in [-0.4, -0.2) is 34.5 Å². The molecular weight excluding hydrogens is 529 g/mol. The summed E-state index contributed by atoms with van der Waals surface area (Å²) in [5.41, 5.74) is 5.28.